The Labute approximate surface area is 174 Å². The van der Waals surface area contributed by atoms with Gasteiger partial charge in [-0.3, -0.25) is 5.41 Å². The Bertz CT molecular complexity index is 841. The first-order valence-corrected chi connectivity index (χ1v) is 7.57. The maximum atomic E-state index is 8.46. The van der Waals surface area contributed by atoms with Gasteiger partial charge in [0, 0.05) is 12.7 Å². The molecule has 21 heavy (non-hydrogen) atoms. The Morgan fingerprint density at radius 2 is 1.90 bits per heavy atom. The van der Waals surface area contributed by atoms with Crippen molar-refractivity contribution in [3.63, 3.8) is 0 Å². The summed E-state index contributed by atoms with van der Waals surface area (Å²) in [5.74, 6) is 0. The second-order valence-corrected chi connectivity index (χ2v) is 5.41. The van der Waals surface area contributed by atoms with Crippen molar-refractivity contribution in [1.82, 2.24) is 19.3 Å². The summed E-state index contributed by atoms with van der Waals surface area (Å²) in [6.07, 6.45) is 1.94. The molecule has 0 unspecified atom stereocenters. The van der Waals surface area contributed by atoms with Gasteiger partial charge in [-0.2, -0.15) is 5.10 Å². The van der Waals surface area contributed by atoms with Gasteiger partial charge in [0.25, 0.3) is 0 Å². The van der Waals surface area contributed by atoms with E-state index >= 15 is 0 Å². The maximum Gasteiger partial charge on any atom is 1.00 e. The molecule has 0 bridgehead atoms. The van der Waals surface area contributed by atoms with Gasteiger partial charge in [0.05, 0.1) is 5.39 Å². The van der Waals surface area contributed by atoms with Gasteiger partial charge in [-0.15, -0.1) is 11.8 Å². The minimum absolute atomic E-state index is 0. The molecule has 0 fully saturated rings. The van der Waals surface area contributed by atoms with Crippen molar-refractivity contribution in [1.29, 1.82) is 5.41 Å². The number of aromatic nitrogens is 4. The average molecular weight is 342 g/mol. The first-order chi connectivity index (χ1) is 9.63. The quantitative estimate of drug-likeness (QED) is 0.277. The summed E-state index contributed by atoms with van der Waals surface area (Å²) < 4.78 is 3.34. The van der Waals surface area contributed by atoms with Crippen LogP contribution in [0.25, 0.3) is 16.7 Å². The van der Waals surface area contributed by atoms with E-state index in [1.165, 1.54) is 11.8 Å². The standard InChI is InChI=1S/C13H13N5S2.K/c1-17-11-9(12(16-17)20-2)10(14)18(13(19)15-11)8-6-4-3-5-7-8;/h3-7,14H,1-2H3,(H,15,19);/q;+1/p-1. The van der Waals surface area contributed by atoms with Crippen LogP contribution in [0.15, 0.2) is 40.5 Å². The van der Waals surface area contributed by atoms with Crippen LogP contribution in [0.5, 0.6) is 0 Å². The summed E-state index contributed by atoms with van der Waals surface area (Å²) in [5.41, 5.74) is 1.81. The summed E-state index contributed by atoms with van der Waals surface area (Å²) in [4.78, 5) is 4.43. The van der Waals surface area contributed by atoms with Gasteiger partial charge in [0.15, 0.2) is 5.65 Å². The van der Waals surface area contributed by atoms with Crippen molar-refractivity contribution in [2.45, 2.75) is 10.2 Å². The van der Waals surface area contributed by atoms with Crippen molar-refractivity contribution in [3.8, 4) is 5.69 Å². The summed E-state index contributed by atoms with van der Waals surface area (Å²) >= 11 is 6.84. The number of benzene rings is 1. The van der Waals surface area contributed by atoms with Crippen LogP contribution in [0.2, 0.25) is 0 Å². The molecule has 2 aromatic heterocycles. The van der Waals surface area contributed by atoms with E-state index in [1.54, 1.807) is 9.25 Å². The number of rotatable bonds is 2. The third-order valence-corrected chi connectivity index (χ3v) is 3.99. The number of thioether (sulfide) groups is 1. The van der Waals surface area contributed by atoms with Crippen molar-refractivity contribution in [3.05, 3.63) is 35.8 Å². The summed E-state index contributed by atoms with van der Waals surface area (Å²) in [5, 5.41) is 14.7. The molecule has 0 radical (unpaired) electrons. The molecule has 2 heterocycles. The molecule has 3 rings (SSSR count). The molecule has 0 aliphatic carbocycles. The fourth-order valence-electron chi connectivity index (χ4n) is 2.13. The molecule has 102 valence electrons. The fraction of sp³-hybridized carbons (Fsp3) is 0.154. The van der Waals surface area contributed by atoms with E-state index in [9.17, 15) is 0 Å². The third kappa shape index (κ3) is 2.98. The molecule has 0 atom stereocenters. The van der Waals surface area contributed by atoms with E-state index < -0.39 is 0 Å². The van der Waals surface area contributed by atoms with Crippen molar-refractivity contribution < 1.29 is 51.4 Å². The number of nitrogens with zero attached hydrogens (tertiary/aromatic N) is 4. The molecule has 0 spiro atoms. The predicted octanol–water partition coefficient (Wildman–Crippen LogP) is -1.13. The number of nitrogens with one attached hydrogen (secondary N) is 1. The van der Waals surface area contributed by atoms with Gasteiger partial charge in [-0.25, -0.2) is 9.67 Å². The van der Waals surface area contributed by atoms with E-state index in [0.29, 0.717) is 16.3 Å². The molecule has 0 saturated carbocycles. The van der Waals surface area contributed by atoms with Crippen molar-refractivity contribution >= 4 is 35.4 Å². The van der Waals surface area contributed by atoms with Crippen LogP contribution in [-0.2, 0) is 19.7 Å². The zero-order valence-corrected chi connectivity index (χ0v) is 16.7. The van der Waals surface area contributed by atoms with Crippen LogP contribution in [0.3, 0.4) is 0 Å². The molecule has 0 aliphatic heterocycles. The fourth-order valence-corrected chi connectivity index (χ4v) is 3.01. The van der Waals surface area contributed by atoms with Gasteiger partial charge in [0.2, 0.25) is 0 Å². The van der Waals surface area contributed by atoms with Crippen LogP contribution in [0.1, 0.15) is 0 Å². The molecular formula is C13H12KN5S2. The van der Waals surface area contributed by atoms with E-state index in [0.717, 1.165) is 16.1 Å². The van der Waals surface area contributed by atoms with Gasteiger partial charge < -0.3 is 17.2 Å². The zero-order chi connectivity index (χ0) is 14.3. The van der Waals surface area contributed by atoms with Gasteiger partial charge in [-0.1, -0.05) is 18.2 Å². The first kappa shape index (κ1) is 17.1. The molecule has 5 nitrogen and oxygen atoms in total. The van der Waals surface area contributed by atoms with Crippen LogP contribution in [-0.4, -0.2) is 25.6 Å². The Hall–Kier alpha value is -0.224. The summed E-state index contributed by atoms with van der Waals surface area (Å²) in [6, 6.07) is 9.59. The SMILES string of the molecule is CSc1nn(C)c2nc([S-])n(-c3ccccc3)c(=N)c12.[K+]. The van der Waals surface area contributed by atoms with Gasteiger partial charge >= 0.3 is 51.4 Å². The normalized spacial score (nSPS) is 10.6. The Morgan fingerprint density at radius 3 is 2.52 bits per heavy atom. The third-order valence-electron chi connectivity index (χ3n) is 3.05. The molecule has 1 aromatic carbocycles. The molecule has 0 saturated heterocycles. The number of hydrogen-bond donors (Lipinski definition) is 1. The van der Waals surface area contributed by atoms with E-state index in [4.69, 9.17) is 18.0 Å². The average Bonchev–Trinajstić information content (AvgIpc) is 2.77. The van der Waals surface area contributed by atoms with Crippen molar-refractivity contribution in [2.24, 2.45) is 7.05 Å². The number of fused-ring (bicyclic) bond motifs is 1. The Morgan fingerprint density at radius 1 is 1.24 bits per heavy atom. The molecule has 0 aliphatic rings. The second kappa shape index (κ2) is 6.90. The summed E-state index contributed by atoms with van der Waals surface area (Å²) in [6.45, 7) is 0. The maximum absolute atomic E-state index is 8.46. The Kier molecular flexibility index (Phi) is 5.63. The largest absolute Gasteiger partial charge is 1.00 e. The number of para-hydroxylation sites is 1. The summed E-state index contributed by atoms with van der Waals surface area (Å²) in [7, 11) is 1.82. The van der Waals surface area contributed by atoms with E-state index in [2.05, 4.69) is 10.1 Å². The predicted molar refractivity (Wildman–Crippen MR) is 81.1 cm³/mol. The molecule has 0 amide bonds. The molecule has 1 N–H and O–H groups in total. The number of hydrogen-bond acceptors (Lipinski definition) is 5. The minimum Gasteiger partial charge on any atom is -0.742 e. The Balaban J connectivity index is 0.00000161. The van der Waals surface area contributed by atoms with E-state index in [1.807, 2.05) is 43.6 Å². The van der Waals surface area contributed by atoms with Crippen LogP contribution in [0, 0.1) is 5.41 Å². The molecule has 8 heteroatoms. The monoisotopic (exact) mass is 341 g/mol. The zero-order valence-electron chi connectivity index (χ0n) is 12.0. The number of aryl methyl sites for hydroxylation is 1. The van der Waals surface area contributed by atoms with E-state index in [-0.39, 0.29) is 51.4 Å². The van der Waals surface area contributed by atoms with Crippen LogP contribution >= 0.6 is 11.8 Å². The minimum atomic E-state index is 0. The molecular weight excluding hydrogens is 329 g/mol. The van der Waals surface area contributed by atoms with Crippen molar-refractivity contribution in [2.75, 3.05) is 6.26 Å². The van der Waals surface area contributed by atoms with Gasteiger partial charge in [-0.05, 0) is 23.5 Å². The van der Waals surface area contributed by atoms with Crippen LogP contribution < -0.4 is 56.9 Å². The topological polar surface area (TPSA) is 59.5 Å². The smallest absolute Gasteiger partial charge is 0.742 e. The second-order valence-electron chi connectivity index (χ2n) is 4.25. The molecule has 3 aromatic rings. The van der Waals surface area contributed by atoms with Crippen LogP contribution in [0.4, 0.5) is 0 Å². The van der Waals surface area contributed by atoms with Gasteiger partial charge in [0.1, 0.15) is 10.5 Å². The first-order valence-electron chi connectivity index (χ1n) is 5.94.